The van der Waals surface area contributed by atoms with Gasteiger partial charge in [-0.15, -0.1) is 0 Å². The number of hydrogen-bond donors (Lipinski definition) is 0. The molecule has 0 radical (unpaired) electrons. The molecule has 0 saturated carbocycles. The Balaban J connectivity index is 1.54. The molecule has 7 heteroatoms. The molecule has 1 aliphatic rings. The summed E-state index contributed by atoms with van der Waals surface area (Å²) in [5, 5.41) is 5.71. The largest absolute Gasteiger partial charge is 0.329 e. The van der Waals surface area contributed by atoms with Gasteiger partial charge >= 0.3 is 0 Å². The smallest absolute Gasteiger partial charge is 0.274 e. The molecule has 5 rings (SSSR count). The van der Waals surface area contributed by atoms with Gasteiger partial charge in [-0.2, -0.15) is 5.10 Å². The molecule has 150 valence electrons. The van der Waals surface area contributed by atoms with Crippen LogP contribution in [0.3, 0.4) is 0 Å². The van der Waals surface area contributed by atoms with Crippen molar-refractivity contribution in [2.24, 2.45) is 0 Å². The topological polar surface area (TPSA) is 76.8 Å². The fourth-order valence-electron chi connectivity index (χ4n) is 4.06. The summed E-state index contributed by atoms with van der Waals surface area (Å²) in [5.41, 5.74) is 4.76. The van der Waals surface area contributed by atoms with E-state index in [1.54, 1.807) is 12.4 Å². The number of pyridine rings is 1. The van der Waals surface area contributed by atoms with Crippen molar-refractivity contribution >= 4 is 16.9 Å². The maximum atomic E-state index is 13.1. The highest BCUT2D eigenvalue weighted by Crippen LogP contribution is 2.33. The predicted molar refractivity (Wildman–Crippen MR) is 113 cm³/mol. The van der Waals surface area contributed by atoms with Gasteiger partial charge < -0.3 is 4.90 Å². The summed E-state index contributed by atoms with van der Waals surface area (Å²) in [5.74, 6) is -0.0976. The van der Waals surface area contributed by atoms with Crippen molar-refractivity contribution in [3.8, 4) is 5.69 Å². The van der Waals surface area contributed by atoms with Crippen LogP contribution in [0.4, 0.5) is 0 Å². The molecule has 1 fully saturated rings. The van der Waals surface area contributed by atoms with Crippen molar-refractivity contribution in [2.75, 3.05) is 6.54 Å². The standard InChI is InChI=1S/C23H22N6O/c1-15-13-25-20(14-24-15)23(30)28-12-6-9-21(28)19-11-10-18-16(2)27-29(22(18)26-19)17-7-4-3-5-8-17/h3-5,7-8,10-11,13-14,21H,6,9,12H2,1-2H3. The second-order valence-corrected chi connectivity index (χ2v) is 7.64. The molecule has 0 bridgehead atoms. The van der Waals surface area contributed by atoms with Gasteiger partial charge in [0.2, 0.25) is 0 Å². The molecule has 4 heterocycles. The van der Waals surface area contributed by atoms with E-state index in [1.165, 1.54) is 0 Å². The Hall–Kier alpha value is -3.61. The van der Waals surface area contributed by atoms with Gasteiger partial charge in [-0.05, 0) is 51.0 Å². The summed E-state index contributed by atoms with van der Waals surface area (Å²) in [7, 11) is 0. The van der Waals surface area contributed by atoms with E-state index in [4.69, 9.17) is 10.1 Å². The van der Waals surface area contributed by atoms with Crippen LogP contribution in [-0.4, -0.2) is 42.1 Å². The molecule has 4 aromatic rings. The Morgan fingerprint density at radius 2 is 1.87 bits per heavy atom. The summed E-state index contributed by atoms with van der Waals surface area (Å²) >= 11 is 0. The molecule has 1 saturated heterocycles. The molecule has 0 spiro atoms. The van der Waals surface area contributed by atoms with E-state index in [1.807, 2.05) is 59.8 Å². The maximum absolute atomic E-state index is 13.1. The van der Waals surface area contributed by atoms with Crippen LogP contribution >= 0.6 is 0 Å². The fourth-order valence-corrected chi connectivity index (χ4v) is 4.06. The Morgan fingerprint density at radius 3 is 2.63 bits per heavy atom. The van der Waals surface area contributed by atoms with Gasteiger partial charge in [-0.3, -0.25) is 9.78 Å². The number of likely N-dealkylation sites (tertiary alicyclic amines) is 1. The van der Waals surface area contributed by atoms with Gasteiger partial charge in [0.15, 0.2) is 5.65 Å². The van der Waals surface area contributed by atoms with Crippen LogP contribution in [0.15, 0.2) is 54.9 Å². The van der Waals surface area contributed by atoms with Gasteiger partial charge in [-0.25, -0.2) is 14.6 Å². The van der Waals surface area contributed by atoms with Crippen molar-refractivity contribution in [1.82, 2.24) is 29.6 Å². The molecule has 1 atom stereocenters. The lowest BCUT2D eigenvalue weighted by atomic mass is 10.1. The number of aromatic nitrogens is 5. The summed E-state index contributed by atoms with van der Waals surface area (Å²) in [6.45, 7) is 4.54. The quantitative estimate of drug-likeness (QED) is 0.525. The van der Waals surface area contributed by atoms with Crippen molar-refractivity contribution in [3.63, 3.8) is 0 Å². The van der Waals surface area contributed by atoms with E-state index in [0.717, 1.165) is 46.6 Å². The SMILES string of the molecule is Cc1cnc(C(=O)N2CCCC2c2ccc3c(C)nn(-c4ccccc4)c3n2)cn1. The van der Waals surface area contributed by atoms with Crippen LogP contribution in [0.2, 0.25) is 0 Å². The first-order valence-electron chi connectivity index (χ1n) is 10.1. The van der Waals surface area contributed by atoms with Gasteiger partial charge in [0.25, 0.3) is 5.91 Å². The Bertz CT molecular complexity index is 1220. The lowest BCUT2D eigenvalue weighted by molar-refractivity contribution is 0.0726. The van der Waals surface area contributed by atoms with E-state index in [-0.39, 0.29) is 11.9 Å². The normalized spacial score (nSPS) is 16.3. The molecular formula is C23H22N6O. The summed E-state index contributed by atoms with van der Waals surface area (Å²) < 4.78 is 1.88. The third kappa shape index (κ3) is 3.12. The molecule has 1 amide bonds. The van der Waals surface area contributed by atoms with Crippen LogP contribution < -0.4 is 0 Å². The number of aryl methyl sites for hydroxylation is 2. The highest BCUT2D eigenvalue weighted by molar-refractivity contribution is 5.92. The molecule has 1 aliphatic heterocycles. The van der Waals surface area contributed by atoms with Crippen LogP contribution in [0, 0.1) is 13.8 Å². The molecule has 1 aromatic carbocycles. The number of rotatable bonds is 3. The van der Waals surface area contributed by atoms with Gasteiger partial charge in [0.1, 0.15) is 5.69 Å². The fraction of sp³-hybridized carbons (Fsp3) is 0.261. The van der Waals surface area contributed by atoms with E-state index in [2.05, 4.69) is 16.0 Å². The first-order valence-corrected chi connectivity index (χ1v) is 10.1. The zero-order valence-electron chi connectivity index (χ0n) is 17.0. The van der Waals surface area contributed by atoms with Crippen molar-refractivity contribution in [3.05, 3.63) is 77.6 Å². The average Bonchev–Trinajstić information content (AvgIpc) is 3.39. The lowest BCUT2D eigenvalue weighted by Crippen LogP contribution is -2.31. The van der Waals surface area contributed by atoms with Crippen LogP contribution in [0.1, 0.15) is 46.5 Å². The number of carbonyl (C=O) groups is 1. The van der Waals surface area contributed by atoms with E-state index < -0.39 is 0 Å². The highest BCUT2D eigenvalue weighted by Gasteiger charge is 2.32. The van der Waals surface area contributed by atoms with Gasteiger partial charge in [-0.1, -0.05) is 18.2 Å². The van der Waals surface area contributed by atoms with Crippen LogP contribution in [0.5, 0.6) is 0 Å². The number of carbonyl (C=O) groups excluding carboxylic acids is 1. The Morgan fingerprint density at radius 1 is 1.03 bits per heavy atom. The number of benzene rings is 1. The summed E-state index contributed by atoms with van der Waals surface area (Å²) in [6, 6.07) is 14.0. The van der Waals surface area contributed by atoms with Crippen molar-refractivity contribution in [1.29, 1.82) is 0 Å². The maximum Gasteiger partial charge on any atom is 0.274 e. The molecule has 0 N–H and O–H groups in total. The molecule has 7 nitrogen and oxygen atoms in total. The predicted octanol–water partition coefficient (Wildman–Crippen LogP) is 3.80. The monoisotopic (exact) mass is 398 g/mol. The summed E-state index contributed by atoms with van der Waals surface area (Å²) in [6.07, 6.45) is 5.00. The number of nitrogens with zero attached hydrogens (tertiary/aromatic N) is 6. The van der Waals surface area contributed by atoms with Crippen LogP contribution in [-0.2, 0) is 0 Å². The number of hydrogen-bond acceptors (Lipinski definition) is 5. The first kappa shape index (κ1) is 18.4. The summed E-state index contributed by atoms with van der Waals surface area (Å²) in [4.78, 5) is 28.4. The minimum Gasteiger partial charge on any atom is -0.329 e. The highest BCUT2D eigenvalue weighted by atomic mass is 16.2. The Kier molecular flexibility index (Phi) is 4.50. The van der Waals surface area contributed by atoms with E-state index in [0.29, 0.717) is 12.2 Å². The van der Waals surface area contributed by atoms with Gasteiger partial charge in [0, 0.05) is 18.1 Å². The molecular weight excluding hydrogens is 376 g/mol. The lowest BCUT2D eigenvalue weighted by Gasteiger charge is -2.24. The zero-order valence-corrected chi connectivity index (χ0v) is 17.0. The minimum atomic E-state index is -0.0976. The molecule has 3 aromatic heterocycles. The third-order valence-electron chi connectivity index (χ3n) is 5.59. The number of amides is 1. The number of fused-ring (bicyclic) bond motifs is 1. The Labute approximate surface area is 174 Å². The molecule has 1 unspecified atom stereocenters. The minimum absolute atomic E-state index is 0.0792. The number of para-hydroxylation sites is 1. The van der Waals surface area contributed by atoms with Crippen molar-refractivity contribution in [2.45, 2.75) is 32.7 Å². The molecule has 30 heavy (non-hydrogen) atoms. The second kappa shape index (κ2) is 7.33. The van der Waals surface area contributed by atoms with E-state index in [9.17, 15) is 4.79 Å². The van der Waals surface area contributed by atoms with E-state index >= 15 is 0 Å². The van der Waals surface area contributed by atoms with Crippen LogP contribution in [0.25, 0.3) is 16.7 Å². The third-order valence-corrected chi connectivity index (χ3v) is 5.59. The van der Waals surface area contributed by atoms with Gasteiger partial charge in [0.05, 0.1) is 35.0 Å². The van der Waals surface area contributed by atoms with Crippen molar-refractivity contribution < 1.29 is 4.79 Å². The first-order chi connectivity index (χ1) is 14.6. The zero-order chi connectivity index (χ0) is 20.7. The molecule has 0 aliphatic carbocycles. The second-order valence-electron chi connectivity index (χ2n) is 7.64. The average molecular weight is 398 g/mol.